The van der Waals surface area contributed by atoms with E-state index in [1.54, 1.807) is 12.1 Å². The fraction of sp³-hybridized carbons (Fsp3) is 0.171. The van der Waals surface area contributed by atoms with E-state index in [-0.39, 0.29) is 18.1 Å². The quantitative estimate of drug-likeness (QED) is 0.155. The molecule has 216 valence electrons. The van der Waals surface area contributed by atoms with Gasteiger partial charge in [0.2, 0.25) is 0 Å². The van der Waals surface area contributed by atoms with E-state index in [4.69, 9.17) is 26.7 Å². The number of esters is 1. The highest BCUT2D eigenvalue weighted by molar-refractivity contribution is 7.80. The number of nitrogens with zero attached hydrogens (tertiary/aromatic N) is 3. The highest BCUT2D eigenvalue weighted by Gasteiger charge is 2.42. The predicted octanol–water partition coefficient (Wildman–Crippen LogP) is 7.55. The van der Waals surface area contributed by atoms with Crippen molar-refractivity contribution in [3.8, 4) is 17.2 Å². The first-order valence-corrected chi connectivity index (χ1v) is 14.5. The molecule has 1 saturated heterocycles. The number of para-hydroxylation sites is 1. The summed E-state index contributed by atoms with van der Waals surface area (Å²) in [5.41, 5.74) is 7.66. The lowest BCUT2D eigenvalue weighted by molar-refractivity contribution is 0.0600. The summed E-state index contributed by atoms with van der Waals surface area (Å²) in [6, 6.07) is 31.3. The van der Waals surface area contributed by atoms with Crippen molar-refractivity contribution in [1.29, 1.82) is 0 Å². The Morgan fingerprint density at radius 1 is 0.884 bits per heavy atom. The molecule has 0 aliphatic carbocycles. The molecule has 6 rings (SSSR count). The third kappa shape index (κ3) is 5.37. The van der Waals surface area contributed by atoms with Crippen molar-refractivity contribution in [3.63, 3.8) is 0 Å². The van der Waals surface area contributed by atoms with Crippen LogP contribution in [0.25, 0.3) is 5.69 Å². The standard InChI is InChI=1S/C35H32N4O3S/c1-22-9-5-6-11-31(22)42-28-18-16-27(17-19-28)39-33(32(37-35(39)43)30-10-7-8-20-36-30)29-21-23(2)38(24(29)3)26-14-12-25(13-15-26)34(40)41-4/h5-21,32-33H,1-4H3,(H,37,43)/t32-,33-/m1/s1. The number of benzene rings is 3. The molecule has 8 heteroatoms. The van der Waals surface area contributed by atoms with Crippen molar-refractivity contribution in [1.82, 2.24) is 14.9 Å². The van der Waals surface area contributed by atoms with E-state index in [9.17, 15) is 4.79 Å². The van der Waals surface area contributed by atoms with Gasteiger partial charge in [-0.05, 0) is 117 Å². The van der Waals surface area contributed by atoms with Crippen molar-refractivity contribution in [2.45, 2.75) is 32.9 Å². The number of carbonyl (C=O) groups is 1. The summed E-state index contributed by atoms with van der Waals surface area (Å²) in [7, 11) is 1.39. The smallest absolute Gasteiger partial charge is 0.337 e. The molecule has 0 bridgehead atoms. The Morgan fingerprint density at radius 3 is 2.26 bits per heavy atom. The fourth-order valence-corrected chi connectivity index (χ4v) is 6.12. The minimum Gasteiger partial charge on any atom is -0.465 e. The summed E-state index contributed by atoms with van der Waals surface area (Å²) in [5, 5.41) is 4.18. The number of aryl methyl sites for hydroxylation is 2. The van der Waals surface area contributed by atoms with E-state index in [0.29, 0.717) is 10.7 Å². The number of hydrogen-bond acceptors (Lipinski definition) is 5. The SMILES string of the molecule is COC(=O)c1ccc(-n2c(C)cc([C@@H]3[C@@H](c4ccccn4)NC(=S)N3c3ccc(Oc4ccccc4C)cc3)c2C)cc1. The maximum absolute atomic E-state index is 12.0. The van der Waals surface area contributed by atoms with Gasteiger partial charge in [-0.25, -0.2) is 4.79 Å². The second-order valence-electron chi connectivity index (χ2n) is 10.6. The number of nitrogens with one attached hydrogen (secondary N) is 1. The second kappa shape index (κ2) is 11.7. The summed E-state index contributed by atoms with van der Waals surface area (Å²) in [5.74, 6) is 1.22. The monoisotopic (exact) mass is 588 g/mol. The van der Waals surface area contributed by atoms with Crippen molar-refractivity contribution in [2.75, 3.05) is 12.0 Å². The number of carbonyl (C=O) groups excluding carboxylic acids is 1. The van der Waals surface area contributed by atoms with Crippen LogP contribution in [0.3, 0.4) is 0 Å². The average molecular weight is 589 g/mol. The second-order valence-corrected chi connectivity index (χ2v) is 10.9. The maximum Gasteiger partial charge on any atom is 0.337 e. The van der Waals surface area contributed by atoms with Crippen LogP contribution in [-0.4, -0.2) is 27.7 Å². The van der Waals surface area contributed by atoms with Crippen LogP contribution >= 0.6 is 12.2 Å². The average Bonchev–Trinajstić information content (AvgIpc) is 3.53. The van der Waals surface area contributed by atoms with E-state index < -0.39 is 0 Å². The number of anilines is 1. The zero-order chi connectivity index (χ0) is 30.1. The highest BCUT2D eigenvalue weighted by Crippen LogP contribution is 2.44. The number of hydrogen-bond donors (Lipinski definition) is 1. The van der Waals surface area contributed by atoms with Crippen LogP contribution in [0.1, 0.15) is 50.7 Å². The highest BCUT2D eigenvalue weighted by atomic mass is 32.1. The molecular weight excluding hydrogens is 556 g/mol. The molecule has 3 heterocycles. The summed E-state index contributed by atoms with van der Waals surface area (Å²) in [6.07, 6.45) is 1.81. The molecule has 7 nitrogen and oxygen atoms in total. The van der Waals surface area contributed by atoms with Crippen LogP contribution < -0.4 is 15.0 Å². The first-order chi connectivity index (χ1) is 20.9. The molecule has 0 unspecified atom stereocenters. The Hall–Kier alpha value is -4.95. The van der Waals surface area contributed by atoms with Gasteiger partial charge in [0, 0.05) is 29.0 Å². The van der Waals surface area contributed by atoms with Gasteiger partial charge in [0.05, 0.1) is 30.5 Å². The Kier molecular flexibility index (Phi) is 7.69. The molecule has 1 fully saturated rings. The summed E-state index contributed by atoms with van der Waals surface area (Å²) in [6.45, 7) is 6.23. The molecule has 1 aliphatic heterocycles. The molecule has 0 saturated carbocycles. The number of aromatic nitrogens is 2. The van der Waals surface area contributed by atoms with Gasteiger partial charge in [0.15, 0.2) is 5.11 Å². The third-order valence-electron chi connectivity index (χ3n) is 7.87. The van der Waals surface area contributed by atoms with Gasteiger partial charge in [-0.15, -0.1) is 0 Å². The van der Waals surface area contributed by atoms with Crippen molar-refractivity contribution in [2.24, 2.45) is 0 Å². The number of methoxy groups -OCH3 is 1. The lowest BCUT2D eigenvalue weighted by Gasteiger charge is -2.28. The molecule has 5 aromatic rings. The van der Waals surface area contributed by atoms with Gasteiger partial charge in [-0.3, -0.25) is 4.98 Å². The molecule has 43 heavy (non-hydrogen) atoms. The molecule has 1 N–H and O–H groups in total. The molecule has 2 aromatic heterocycles. The van der Waals surface area contributed by atoms with E-state index in [1.165, 1.54) is 7.11 Å². The van der Waals surface area contributed by atoms with Gasteiger partial charge >= 0.3 is 5.97 Å². The molecular formula is C35H32N4O3S. The molecule has 0 amide bonds. The first-order valence-electron chi connectivity index (χ1n) is 14.1. The summed E-state index contributed by atoms with van der Waals surface area (Å²) >= 11 is 5.96. The minimum absolute atomic E-state index is 0.167. The van der Waals surface area contributed by atoms with Crippen LogP contribution in [0.2, 0.25) is 0 Å². The summed E-state index contributed by atoms with van der Waals surface area (Å²) in [4.78, 5) is 18.9. The van der Waals surface area contributed by atoms with Crippen molar-refractivity contribution in [3.05, 3.63) is 137 Å². The van der Waals surface area contributed by atoms with E-state index in [2.05, 4.69) is 34.7 Å². The van der Waals surface area contributed by atoms with Gasteiger partial charge in [0.1, 0.15) is 11.5 Å². The Balaban J connectivity index is 1.39. The number of ether oxygens (including phenoxy) is 2. The van der Waals surface area contributed by atoms with Gasteiger partial charge in [-0.2, -0.15) is 0 Å². The number of thiocarbonyl (C=S) groups is 1. The van der Waals surface area contributed by atoms with Crippen LogP contribution in [0, 0.1) is 20.8 Å². The van der Waals surface area contributed by atoms with Crippen LogP contribution in [0.5, 0.6) is 11.5 Å². The number of rotatable bonds is 7. The molecule has 0 spiro atoms. The van der Waals surface area contributed by atoms with E-state index in [1.807, 2.05) is 92.0 Å². The fourth-order valence-electron chi connectivity index (χ4n) is 5.77. The van der Waals surface area contributed by atoms with Crippen LogP contribution in [0.4, 0.5) is 5.69 Å². The Labute approximate surface area is 256 Å². The zero-order valence-corrected chi connectivity index (χ0v) is 25.3. The van der Waals surface area contributed by atoms with Gasteiger partial charge in [-0.1, -0.05) is 24.3 Å². The summed E-state index contributed by atoms with van der Waals surface area (Å²) < 4.78 is 13.2. The lowest BCUT2D eigenvalue weighted by Crippen LogP contribution is -2.29. The Bertz CT molecular complexity index is 1780. The lowest BCUT2D eigenvalue weighted by atomic mass is 9.96. The van der Waals surface area contributed by atoms with E-state index in [0.717, 1.165) is 51.1 Å². The minimum atomic E-state index is -0.358. The topological polar surface area (TPSA) is 68.6 Å². The first kappa shape index (κ1) is 28.2. The maximum atomic E-state index is 12.0. The normalized spacial score (nSPS) is 16.2. The molecule has 3 aromatic carbocycles. The molecule has 2 atom stereocenters. The van der Waals surface area contributed by atoms with Crippen LogP contribution in [-0.2, 0) is 4.74 Å². The van der Waals surface area contributed by atoms with E-state index >= 15 is 0 Å². The van der Waals surface area contributed by atoms with Gasteiger partial charge in [0.25, 0.3) is 0 Å². The predicted molar refractivity (Wildman–Crippen MR) is 172 cm³/mol. The van der Waals surface area contributed by atoms with Crippen LogP contribution in [0.15, 0.2) is 103 Å². The molecule has 0 radical (unpaired) electrons. The van der Waals surface area contributed by atoms with Crippen molar-refractivity contribution < 1.29 is 14.3 Å². The zero-order valence-electron chi connectivity index (χ0n) is 24.4. The number of pyridine rings is 1. The largest absolute Gasteiger partial charge is 0.465 e. The molecule has 1 aliphatic rings. The van der Waals surface area contributed by atoms with Gasteiger partial charge < -0.3 is 24.3 Å². The Morgan fingerprint density at radius 2 is 1.58 bits per heavy atom. The van der Waals surface area contributed by atoms with Crippen molar-refractivity contribution >= 4 is 29.0 Å². The third-order valence-corrected chi connectivity index (χ3v) is 8.18.